The Labute approximate surface area is 150 Å². The summed E-state index contributed by atoms with van der Waals surface area (Å²) < 4.78 is 21.4. The number of carbonyl (C=O) groups excluding carboxylic acids is 1. The number of hydrogen-bond donors (Lipinski definition) is 1. The Balaban J connectivity index is 1.73. The predicted molar refractivity (Wildman–Crippen MR) is 96.0 cm³/mol. The molecule has 0 saturated heterocycles. The second-order valence-corrected chi connectivity index (χ2v) is 6.96. The lowest BCUT2D eigenvalue weighted by Crippen LogP contribution is -2.46. The summed E-state index contributed by atoms with van der Waals surface area (Å²) in [7, 11) is 0. The number of fused-ring (bicyclic) bond motifs is 2. The molecule has 0 fully saturated rings. The van der Waals surface area contributed by atoms with Crippen LogP contribution in [-0.2, 0) is 5.54 Å². The first-order valence-corrected chi connectivity index (χ1v) is 8.59. The smallest absolute Gasteiger partial charge is 0.255 e. The van der Waals surface area contributed by atoms with Gasteiger partial charge in [0.1, 0.15) is 5.65 Å². The van der Waals surface area contributed by atoms with E-state index in [0.29, 0.717) is 29.8 Å². The molecule has 0 aliphatic carbocycles. The van der Waals surface area contributed by atoms with Crippen molar-refractivity contribution in [2.45, 2.75) is 32.7 Å². The monoisotopic (exact) mass is 353 g/mol. The van der Waals surface area contributed by atoms with Crippen LogP contribution in [0.3, 0.4) is 0 Å². The van der Waals surface area contributed by atoms with Gasteiger partial charge in [-0.2, -0.15) is 0 Å². The van der Waals surface area contributed by atoms with Crippen molar-refractivity contribution in [2.24, 2.45) is 0 Å². The van der Waals surface area contributed by atoms with Crippen molar-refractivity contribution in [1.29, 1.82) is 0 Å². The summed E-state index contributed by atoms with van der Waals surface area (Å²) >= 11 is 0. The van der Waals surface area contributed by atoms with Crippen LogP contribution in [0.25, 0.3) is 5.65 Å². The highest BCUT2D eigenvalue weighted by atomic mass is 19.1. The van der Waals surface area contributed by atoms with E-state index in [2.05, 4.69) is 10.3 Å². The second kappa shape index (κ2) is 5.83. The fourth-order valence-corrected chi connectivity index (χ4v) is 3.60. The Kier molecular flexibility index (Phi) is 3.72. The van der Waals surface area contributed by atoms with Crippen molar-refractivity contribution in [3.8, 4) is 5.75 Å². The lowest BCUT2D eigenvalue weighted by molar-refractivity contribution is 0.0872. The molecule has 4 rings (SSSR count). The fourth-order valence-electron chi connectivity index (χ4n) is 3.60. The Morgan fingerprint density at radius 2 is 2.15 bits per heavy atom. The van der Waals surface area contributed by atoms with Gasteiger partial charge in [0.05, 0.1) is 17.7 Å². The number of carbonyl (C=O) groups is 1. The van der Waals surface area contributed by atoms with E-state index in [1.54, 1.807) is 18.2 Å². The van der Waals surface area contributed by atoms with Crippen LogP contribution in [0.5, 0.6) is 5.75 Å². The zero-order valence-corrected chi connectivity index (χ0v) is 15.0. The number of benzene rings is 1. The van der Waals surface area contributed by atoms with Crippen molar-refractivity contribution >= 4 is 11.6 Å². The Hall–Kier alpha value is -2.89. The molecule has 0 spiro atoms. The van der Waals surface area contributed by atoms with Crippen molar-refractivity contribution in [3.63, 3.8) is 0 Å². The molecule has 3 aromatic rings. The lowest BCUT2D eigenvalue weighted by Gasteiger charge is -2.36. The number of aromatic nitrogens is 2. The number of para-hydroxylation sites is 1. The quantitative estimate of drug-likeness (QED) is 0.767. The van der Waals surface area contributed by atoms with Gasteiger partial charge in [0, 0.05) is 29.6 Å². The van der Waals surface area contributed by atoms with E-state index < -0.39 is 11.4 Å². The summed E-state index contributed by atoms with van der Waals surface area (Å²) in [6.45, 7) is 6.12. The van der Waals surface area contributed by atoms with Crippen LogP contribution in [0.1, 0.15) is 40.7 Å². The number of rotatable bonds is 2. The maximum atomic E-state index is 14.1. The molecule has 1 aliphatic heterocycles. The van der Waals surface area contributed by atoms with Gasteiger partial charge in [-0.25, -0.2) is 9.37 Å². The molecule has 1 aliphatic rings. The maximum Gasteiger partial charge on any atom is 0.255 e. The van der Waals surface area contributed by atoms with Gasteiger partial charge in [-0.15, -0.1) is 0 Å². The minimum Gasteiger partial charge on any atom is -0.490 e. The fraction of sp³-hybridized carbons (Fsp3) is 0.300. The normalized spacial score (nSPS) is 19.1. The number of hydrogen-bond acceptors (Lipinski definition) is 3. The Bertz CT molecular complexity index is 1030. The van der Waals surface area contributed by atoms with Crippen LogP contribution >= 0.6 is 0 Å². The molecule has 2 aromatic heterocycles. The van der Waals surface area contributed by atoms with E-state index >= 15 is 0 Å². The van der Waals surface area contributed by atoms with Gasteiger partial charge in [0.15, 0.2) is 11.6 Å². The van der Waals surface area contributed by atoms with Crippen LogP contribution in [0, 0.1) is 19.7 Å². The number of nitrogens with one attached hydrogen (secondary N) is 1. The molecule has 1 unspecified atom stereocenters. The number of aryl methyl sites for hydroxylation is 2. The molecule has 134 valence electrons. The molecule has 5 nitrogen and oxygen atoms in total. The van der Waals surface area contributed by atoms with Gasteiger partial charge in [-0.05, 0) is 39.0 Å². The molecular formula is C20H20FN3O2. The molecule has 0 bridgehead atoms. The zero-order chi connectivity index (χ0) is 18.5. The molecule has 1 N–H and O–H groups in total. The van der Waals surface area contributed by atoms with Gasteiger partial charge in [0.2, 0.25) is 0 Å². The average Bonchev–Trinajstić information content (AvgIpc) is 3.00. The van der Waals surface area contributed by atoms with Crippen LogP contribution in [0.2, 0.25) is 0 Å². The zero-order valence-electron chi connectivity index (χ0n) is 15.0. The molecule has 6 heteroatoms. The summed E-state index contributed by atoms with van der Waals surface area (Å²) in [5.74, 6) is -0.428. The third-order valence-corrected chi connectivity index (χ3v) is 4.98. The highest BCUT2D eigenvalue weighted by molar-refractivity contribution is 6.00. The van der Waals surface area contributed by atoms with E-state index in [4.69, 9.17) is 4.74 Å². The lowest BCUT2D eigenvalue weighted by atomic mass is 9.86. The molecule has 1 aromatic carbocycles. The Morgan fingerprint density at radius 3 is 2.96 bits per heavy atom. The molecule has 0 saturated carbocycles. The Morgan fingerprint density at radius 1 is 1.35 bits per heavy atom. The first-order chi connectivity index (χ1) is 12.4. The number of ether oxygens (including phenoxy) is 1. The summed E-state index contributed by atoms with van der Waals surface area (Å²) in [5, 5.41) is 3.07. The summed E-state index contributed by atoms with van der Waals surface area (Å²) in [5.41, 5.74) is 2.93. The average molecular weight is 353 g/mol. The molecular weight excluding hydrogens is 333 g/mol. The van der Waals surface area contributed by atoms with Crippen molar-refractivity contribution in [2.75, 3.05) is 6.61 Å². The van der Waals surface area contributed by atoms with Crippen LogP contribution in [0.4, 0.5) is 4.39 Å². The minimum absolute atomic E-state index is 0.216. The van der Waals surface area contributed by atoms with Gasteiger partial charge >= 0.3 is 0 Å². The van der Waals surface area contributed by atoms with Crippen molar-refractivity contribution in [1.82, 2.24) is 14.7 Å². The van der Waals surface area contributed by atoms with Gasteiger partial charge in [-0.3, -0.25) is 4.79 Å². The largest absolute Gasteiger partial charge is 0.490 e. The van der Waals surface area contributed by atoms with Gasteiger partial charge < -0.3 is 14.5 Å². The molecule has 26 heavy (non-hydrogen) atoms. The number of nitrogens with zero attached hydrogens (tertiary/aromatic N) is 2. The van der Waals surface area contributed by atoms with E-state index in [1.165, 1.54) is 6.07 Å². The highest BCUT2D eigenvalue weighted by Crippen LogP contribution is 2.38. The van der Waals surface area contributed by atoms with Crippen LogP contribution < -0.4 is 10.1 Å². The van der Waals surface area contributed by atoms with Crippen LogP contribution in [0.15, 0.2) is 36.5 Å². The second-order valence-electron chi connectivity index (χ2n) is 6.96. The summed E-state index contributed by atoms with van der Waals surface area (Å²) in [4.78, 5) is 17.5. The molecule has 3 heterocycles. The number of halogens is 1. The predicted octanol–water partition coefficient (Wildman–Crippen LogP) is 3.52. The van der Waals surface area contributed by atoms with E-state index in [0.717, 1.165) is 11.4 Å². The first-order valence-electron chi connectivity index (χ1n) is 8.59. The topological polar surface area (TPSA) is 55.6 Å². The van der Waals surface area contributed by atoms with Gasteiger partial charge in [-0.1, -0.05) is 12.1 Å². The third kappa shape index (κ3) is 2.53. The highest BCUT2D eigenvalue weighted by Gasteiger charge is 2.36. The van der Waals surface area contributed by atoms with E-state index in [1.807, 2.05) is 37.4 Å². The van der Waals surface area contributed by atoms with E-state index in [-0.39, 0.29) is 11.7 Å². The molecule has 1 atom stereocenters. The maximum absolute atomic E-state index is 14.1. The van der Waals surface area contributed by atoms with Crippen molar-refractivity contribution in [3.05, 3.63) is 64.9 Å². The van der Waals surface area contributed by atoms with E-state index in [9.17, 15) is 9.18 Å². The van der Waals surface area contributed by atoms with Crippen molar-refractivity contribution < 1.29 is 13.9 Å². The molecule has 0 radical (unpaired) electrons. The number of amides is 1. The van der Waals surface area contributed by atoms with Gasteiger partial charge in [0.25, 0.3) is 5.91 Å². The minimum atomic E-state index is -0.708. The standard InChI is InChI=1S/C20H20FN3O2/c1-12-11-13(2)24-9-7-14(18(24)22-12)19(25)23-20(3)8-10-26-17-15(20)5-4-6-16(17)21/h4-7,9,11H,8,10H2,1-3H3,(H,23,25). The SMILES string of the molecule is Cc1cc(C)n2ccc(C(=O)NC3(C)CCOc4c(F)cccc43)c2n1. The first kappa shape index (κ1) is 16.6. The van der Waals surface area contributed by atoms with Crippen LogP contribution in [-0.4, -0.2) is 21.9 Å². The summed E-state index contributed by atoms with van der Waals surface area (Å²) in [6, 6.07) is 8.52. The molecule has 1 amide bonds. The summed E-state index contributed by atoms with van der Waals surface area (Å²) in [6.07, 6.45) is 2.40. The third-order valence-electron chi connectivity index (χ3n) is 4.98.